The van der Waals surface area contributed by atoms with Crippen molar-refractivity contribution in [1.82, 2.24) is 9.80 Å². The van der Waals surface area contributed by atoms with Crippen LogP contribution in [-0.4, -0.2) is 86.7 Å². The molecule has 0 aliphatic carbocycles. The van der Waals surface area contributed by atoms with Gasteiger partial charge in [-0.05, 0) is 75.6 Å². The van der Waals surface area contributed by atoms with Crippen molar-refractivity contribution in [1.29, 1.82) is 0 Å². The van der Waals surface area contributed by atoms with E-state index in [1.807, 2.05) is 32.0 Å². The highest BCUT2D eigenvalue weighted by Gasteiger charge is 2.31. The number of anilines is 1. The lowest BCUT2D eigenvalue weighted by atomic mass is 10.0. The lowest BCUT2D eigenvalue weighted by molar-refractivity contribution is -0.0149. The molecule has 3 aromatic rings. The van der Waals surface area contributed by atoms with Crippen LogP contribution in [0.15, 0.2) is 83.8 Å². The van der Waals surface area contributed by atoms with Crippen LogP contribution in [0, 0.1) is 5.92 Å². The Balaban J connectivity index is 1.66. The molecule has 4 rings (SSSR count). The zero-order valence-corrected chi connectivity index (χ0v) is 27.8. The van der Waals surface area contributed by atoms with Crippen molar-refractivity contribution in [3.8, 4) is 5.75 Å². The van der Waals surface area contributed by atoms with Gasteiger partial charge in [-0.25, -0.2) is 8.42 Å². The van der Waals surface area contributed by atoms with Gasteiger partial charge in [0.05, 0.1) is 35.3 Å². The van der Waals surface area contributed by atoms with Crippen molar-refractivity contribution in [2.75, 3.05) is 38.1 Å². The quantitative estimate of drug-likeness (QED) is 0.349. The fourth-order valence-corrected chi connectivity index (χ4v) is 6.49. The number of hydrogen-bond donors (Lipinski definition) is 2. The molecule has 0 fully saturated rings. The first-order valence-corrected chi connectivity index (χ1v) is 17.2. The summed E-state index contributed by atoms with van der Waals surface area (Å²) in [6.45, 7) is 6.37. The van der Waals surface area contributed by atoms with Crippen molar-refractivity contribution in [2.45, 2.75) is 63.2 Å². The first kappa shape index (κ1) is 34.9. The van der Waals surface area contributed by atoms with Crippen molar-refractivity contribution in [3.05, 3.63) is 90.0 Å². The maximum absolute atomic E-state index is 14.3. The summed E-state index contributed by atoms with van der Waals surface area (Å²) in [5, 5.41) is 10.2. The van der Waals surface area contributed by atoms with Crippen molar-refractivity contribution < 1.29 is 32.6 Å². The summed E-state index contributed by atoms with van der Waals surface area (Å²) < 4.78 is 41.4. The van der Waals surface area contributed by atoms with Gasteiger partial charge in [0.1, 0.15) is 5.75 Å². The van der Waals surface area contributed by atoms with Crippen LogP contribution < -0.4 is 9.46 Å². The van der Waals surface area contributed by atoms with Crippen LogP contribution in [0.25, 0.3) is 0 Å². The Morgan fingerprint density at radius 3 is 2.39 bits per heavy atom. The molecule has 0 aromatic heterocycles. The van der Waals surface area contributed by atoms with Gasteiger partial charge in [0, 0.05) is 43.9 Å². The number of rotatable bonds is 8. The van der Waals surface area contributed by atoms with Gasteiger partial charge in [0.15, 0.2) is 0 Å². The monoisotopic (exact) mass is 651 g/mol. The van der Waals surface area contributed by atoms with E-state index in [9.17, 15) is 23.1 Å². The maximum atomic E-state index is 14.3. The highest BCUT2D eigenvalue weighted by Crippen LogP contribution is 2.29. The molecule has 2 N–H and O–H groups in total. The molecule has 3 aromatic carbocycles. The minimum absolute atomic E-state index is 0.0948. The number of aliphatic hydroxyl groups is 1. The number of benzene rings is 3. The second-order valence-electron chi connectivity index (χ2n) is 12.0. The minimum atomic E-state index is -3.91. The molecule has 0 unspecified atom stereocenters. The Bertz CT molecular complexity index is 1550. The van der Waals surface area contributed by atoms with E-state index in [1.54, 1.807) is 66.2 Å². The Kier molecular flexibility index (Phi) is 12.2. The number of likely N-dealkylation sites (N-methyl/N-ethyl adjacent to an activating group) is 1. The van der Waals surface area contributed by atoms with E-state index in [1.165, 1.54) is 18.2 Å². The first-order chi connectivity index (χ1) is 22.0. The largest absolute Gasteiger partial charge is 0.490 e. The summed E-state index contributed by atoms with van der Waals surface area (Å²) in [4.78, 5) is 30.8. The molecule has 0 saturated carbocycles. The van der Waals surface area contributed by atoms with Crippen LogP contribution in [0.1, 0.15) is 60.7 Å². The summed E-state index contributed by atoms with van der Waals surface area (Å²) in [6, 6.07) is 21.1. The highest BCUT2D eigenvalue weighted by molar-refractivity contribution is 7.92. The molecule has 0 saturated heterocycles. The van der Waals surface area contributed by atoms with Crippen LogP contribution >= 0.6 is 0 Å². The van der Waals surface area contributed by atoms with E-state index in [2.05, 4.69) is 4.72 Å². The van der Waals surface area contributed by atoms with Gasteiger partial charge in [-0.2, -0.15) is 0 Å². The van der Waals surface area contributed by atoms with Gasteiger partial charge >= 0.3 is 0 Å². The number of carbonyl (C=O) groups excluding carboxylic acids is 2. The third kappa shape index (κ3) is 9.08. The number of ether oxygens (including phenoxy) is 2. The molecule has 0 bridgehead atoms. The maximum Gasteiger partial charge on any atom is 0.261 e. The molecule has 10 nitrogen and oxygen atoms in total. The molecule has 4 atom stereocenters. The SMILES string of the molecule is C[C@@H]1CCCCO[C@H](CN(C)C(=O)c2ccccc2)[C@@H](C)CN([C@@H](C)CO)C(=O)c2cc(NS(=O)(=O)c3ccccc3)ccc2O1. The third-order valence-electron chi connectivity index (χ3n) is 8.18. The number of nitrogens with zero attached hydrogens (tertiary/aromatic N) is 2. The molecule has 1 heterocycles. The van der Waals surface area contributed by atoms with Crippen molar-refractivity contribution >= 4 is 27.5 Å². The second kappa shape index (κ2) is 16.1. The zero-order chi connectivity index (χ0) is 33.3. The Morgan fingerprint density at radius 2 is 1.72 bits per heavy atom. The predicted octanol–water partition coefficient (Wildman–Crippen LogP) is 5.06. The number of fused-ring (bicyclic) bond motifs is 1. The molecule has 0 radical (unpaired) electrons. The molecule has 46 heavy (non-hydrogen) atoms. The number of carbonyl (C=O) groups is 2. The van der Waals surface area contributed by atoms with Crippen molar-refractivity contribution in [3.63, 3.8) is 0 Å². The molecular formula is C35H45N3O7S. The van der Waals surface area contributed by atoms with E-state index in [0.717, 1.165) is 12.8 Å². The fourth-order valence-electron chi connectivity index (χ4n) is 5.42. The molecule has 11 heteroatoms. The number of nitrogens with one attached hydrogen (secondary N) is 1. The highest BCUT2D eigenvalue weighted by atomic mass is 32.2. The van der Waals surface area contributed by atoms with E-state index >= 15 is 0 Å². The van der Waals surface area contributed by atoms with E-state index in [4.69, 9.17) is 9.47 Å². The number of amides is 2. The van der Waals surface area contributed by atoms with Crippen LogP contribution in [-0.2, 0) is 14.8 Å². The topological polar surface area (TPSA) is 125 Å². The summed E-state index contributed by atoms with van der Waals surface area (Å²) in [7, 11) is -2.17. The predicted molar refractivity (Wildman–Crippen MR) is 178 cm³/mol. The number of hydrogen-bond acceptors (Lipinski definition) is 7. The van der Waals surface area contributed by atoms with Gasteiger partial charge in [-0.15, -0.1) is 0 Å². The fraction of sp³-hybridized carbons (Fsp3) is 0.429. The van der Waals surface area contributed by atoms with Crippen LogP contribution in [0.4, 0.5) is 5.69 Å². The molecular weight excluding hydrogens is 606 g/mol. The summed E-state index contributed by atoms with van der Waals surface area (Å²) in [6.07, 6.45) is 1.71. The van der Waals surface area contributed by atoms with Crippen LogP contribution in [0.5, 0.6) is 5.75 Å². The van der Waals surface area contributed by atoms with Gasteiger partial charge in [-0.3, -0.25) is 14.3 Å². The molecule has 1 aliphatic heterocycles. The Hall–Kier alpha value is -3.93. The standard InChI is InChI=1S/C35H45N3O7S/c1-25-22-38(26(2)24-39)35(41)31-21-29(36-46(42,43)30-16-9-6-10-17-30)18-19-32(31)45-27(3)13-11-12-20-44-33(25)23-37(4)34(40)28-14-7-5-8-15-28/h5-10,14-19,21,25-27,33,36,39H,11-13,20,22-24H2,1-4H3/t25-,26-,27+,33+/m0/s1. The Morgan fingerprint density at radius 1 is 1.04 bits per heavy atom. The first-order valence-electron chi connectivity index (χ1n) is 15.7. The van der Waals surface area contributed by atoms with Gasteiger partial charge in [-0.1, -0.05) is 43.3 Å². The second-order valence-corrected chi connectivity index (χ2v) is 13.7. The van der Waals surface area contributed by atoms with Crippen molar-refractivity contribution in [2.24, 2.45) is 5.92 Å². The normalized spacial score (nSPS) is 20.5. The summed E-state index contributed by atoms with van der Waals surface area (Å²) >= 11 is 0. The van der Waals surface area contributed by atoms with Crippen LogP contribution in [0.3, 0.4) is 0 Å². The van der Waals surface area contributed by atoms with E-state index in [0.29, 0.717) is 30.9 Å². The van der Waals surface area contributed by atoms with Gasteiger partial charge in [0.2, 0.25) is 0 Å². The van der Waals surface area contributed by atoms with Gasteiger partial charge in [0.25, 0.3) is 21.8 Å². The number of aliphatic hydroxyl groups excluding tert-OH is 1. The number of sulfonamides is 1. The average molecular weight is 652 g/mol. The van der Waals surface area contributed by atoms with Crippen LogP contribution in [0.2, 0.25) is 0 Å². The molecule has 2 amide bonds. The third-order valence-corrected chi connectivity index (χ3v) is 9.58. The Labute approximate surface area is 272 Å². The minimum Gasteiger partial charge on any atom is -0.490 e. The average Bonchev–Trinajstić information content (AvgIpc) is 3.06. The molecule has 1 aliphatic rings. The smallest absolute Gasteiger partial charge is 0.261 e. The van der Waals surface area contributed by atoms with E-state index in [-0.39, 0.29) is 53.3 Å². The molecule has 0 spiro atoms. The lowest BCUT2D eigenvalue weighted by Crippen LogP contribution is -2.48. The lowest BCUT2D eigenvalue weighted by Gasteiger charge is -2.36. The van der Waals surface area contributed by atoms with E-state index < -0.39 is 22.0 Å². The van der Waals surface area contributed by atoms with Gasteiger partial charge < -0.3 is 24.4 Å². The summed E-state index contributed by atoms with van der Waals surface area (Å²) in [5.74, 6) is -0.435. The summed E-state index contributed by atoms with van der Waals surface area (Å²) in [5.41, 5.74) is 0.965. The zero-order valence-electron chi connectivity index (χ0n) is 27.0. The molecule has 248 valence electrons.